The Balaban J connectivity index is 2.44. The number of oxime groups is 1. The van der Waals surface area contributed by atoms with Crippen LogP contribution in [0.1, 0.15) is 33.6 Å². The molecule has 1 amide bonds. The highest BCUT2D eigenvalue weighted by molar-refractivity contribution is 6.05. The predicted molar refractivity (Wildman–Crippen MR) is 62.1 cm³/mol. The summed E-state index contributed by atoms with van der Waals surface area (Å²) in [5.74, 6) is 0.999. The zero-order valence-corrected chi connectivity index (χ0v) is 10.2. The number of hydrogen-bond donors (Lipinski definition) is 3. The number of rotatable bonds is 5. The summed E-state index contributed by atoms with van der Waals surface area (Å²) in [4.78, 5) is 11.8. The van der Waals surface area contributed by atoms with Crippen molar-refractivity contribution in [3.63, 3.8) is 0 Å². The Bertz CT molecular complexity index is 296. The molecule has 0 bridgehead atoms. The number of nitrogens with zero attached hydrogens (tertiary/aromatic N) is 1. The average molecular weight is 227 g/mol. The van der Waals surface area contributed by atoms with E-state index in [1.165, 1.54) is 12.8 Å². The molecule has 0 aromatic carbocycles. The minimum Gasteiger partial charge on any atom is -0.409 e. The maximum Gasteiger partial charge on any atom is 0.233 e. The number of amides is 1. The standard InChI is InChI=1S/C11H21N3O2/c1-7(8-4-5-8)6-13-10(15)11(2,3)9(12)14-16/h7-8,16H,4-6H2,1-3H3,(H2,12,14)(H,13,15). The number of carbonyl (C=O) groups excluding carboxylic acids is 1. The summed E-state index contributed by atoms with van der Waals surface area (Å²) in [7, 11) is 0. The Morgan fingerprint density at radius 3 is 2.62 bits per heavy atom. The molecule has 1 atom stereocenters. The van der Waals surface area contributed by atoms with Crippen LogP contribution in [0.15, 0.2) is 5.16 Å². The number of hydrogen-bond acceptors (Lipinski definition) is 3. The van der Waals surface area contributed by atoms with Gasteiger partial charge in [0, 0.05) is 6.54 Å². The van der Waals surface area contributed by atoms with E-state index >= 15 is 0 Å². The van der Waals surface area contributed by atoms with E-state index < -0.39 is 5.41 Å². The molecule has 1 fully saturated rings. The minimum absolute atomic E-state index is 0.0657. The molecule has 5 nitrogen and oxygen atoms in total. The van der Waals surface area contributed by atoms with Gasteiger partial charge in [0.1, 0.15) is 5.41 Å². The normalized spacial score (nSPS) is 19.3. The van der Waals surface area contributed by atoms with Crippen LogP contribution in [0.4, 0.5) is 0 Å². The first-order valence-electron chi connectivity index (χ1n) is 5.66. The lowest BCUT2D eigenvalue weighted by molar-refractivity contribution is -0.126. The van der Waals surface area contributed by atoms with E-state index in [-0.39, 0.29) is 11.7 Å². The second-order valence-electron chi connectivity index (χ2n) is 5.13. The Kier molecular flexibility index (Phi) is 3.78. The second-order valence-corrected chi connectivity index (χ2v) is 5.13. The molecule has 0 aromatic heterocycles. The maximum absolute atomic E-state index is 11.8. The molecule has 92 valence electrons. The van der Waals surface area contributed by atoms with Gasteiger partial charge in [-0.2, -0.15) is 0 Å². The van der Waals surface area contributed by atoms with E-state index in [1.54, 1.807) is 13.8 Å². The highest BCUT2D eigenvalue weighted by Gasteiger charge is 2.34. The van der Waals surface area contributed by atoms with E-state index in [2.05, 4.69) is 17.4 Å². The van der Waals surface area contributed by atoms with Crippen LogP contribution in [0, 0.1) is 17.3 Å². The summed E-state index contributed by atoms with van der Waals surface area (Å²) in [6.07, 6.45) is 2.53. The van der Waals surface area contributed by atoms with Crippen molar-refractivity contribution in [2.75, 3.05) is 6.54 Å². The molecule has 0 spiro atoms. The van der Waals surface area contributed by atoms with Crippen molar-refractivity contribution < 1.29 is 10.0 Å². The van der Waals surface area contributed by atoms with Crippen LogP contribution in [0.2, 0.25) is 0 Å². The van der Waals surface area contributed by atoms with Crippen molar-refractivity contribution in [2.24, 2.45) is 28.1 Å². The van der Waals surface area contributed by atoms with Gasteiger partial charge in [0.2, 0.25) is 5.91 Å². The third kappa shape index (κ3) is 2.87. The first-order chi connectivity index (χ1) is 7.39. The smallest absolute Gasteiger partial charge is 0.233 e. The van der Waals surface area contributed by atoms with Gasteiger partial charge in [-0.15, -0.1) is 0 Å². The van der Waals surface area contributed by atoms with Gasteiger partial charge in [0.05, 0.1) is 0 Å². The lowest BCUT2D eigenvalue weighted by Gasteiger charge is -2.23. The summed E-state index contributed by atoms with van der Waals surface area (Å²) >= 11 is 0. The van der Waals surface area contributed by atoms with Crippen molar-refractivity contribution in [2.45, 2.75) is 33.6 Å². The van der Waals surface area contributed by atoms with Gasteiger partial charge in [-0.3, -0.25) is 4.79 Å². The lowest BCUT2D eigenvalue weighted by atomic mass is 9.90. The highest BCUT2D eigenvalue weighted by atomic mass is 16.4. The number of amidine groups is 1. The molecule has 0 aliphatic heterocycles. The average Bonchev–Trinajstić information content (AvgIpc) is 3.07. The third-order valence-electron chi connectivity index (χ3n) is 3.33. The molecule has 1 rings (SSSR count). The van der Waals surface area contributed by atoms with Gasteiger partial charge in [-0.05, 0) is 38.5 Å². The molecule has 1 unspecified atom stereocenters. The Morgan fingerprint density at radius 1 is 1.62 bits per heavy atom. The molecule has 0 aromatic rings. The van der Waals surface area contributed by atoms with Crippen molar-refractivity contribution in [1.82, 2.24) is 5.32 Å². The van der Waals surface area contributed by atoms with Crippen LogP contribution in [0.3, 0.4) is 0 Å². The fraction of sp³-hybridized carbons (Fsp3) is 0.818. The van der Waals surface area contributed by atoms with Gasteiger partial charge in [0.15, 0.2) is 5.84 Å². The van der Waals surface area contributed by atoms with Gasteiger partial charge in [-0.25, -0.2) is 0 Å². The molecule has 1 aliphatic carbocycles. The highest BCUT2D eigenvalue weighted by Crippen LogP contribution is 2.36. The predicted octanol–water partition coefficient (Wildman–Crippen LogP) is 0.921. The number of carbonyl (C=O) groups is 1. The molecule has 4 N–H and O–H groups in total. The fourth-order valence-corrected chi connectivity index (χ4v) is 1.55. The molecule has 1 saturated carbocycles. The Labute approximate surface area is 96.1 Å². The van der Waals surface area contributed by atoms with Gasteiger partial charge >= 0.3 is 0 Å². The second kappa shape index (κ2) is 4.72. The summed E-state index contributed by atoms with van der Waals surface area (Å²) in [5, 5.41) is 14.3. The third-order valence-corrected chi connectivity index (χ3v) is 3.33. The summed E-state index contributed by atoms with van der Waals surface area (Å²) in [6, 6.07) is 0. The minimum atomic E-state index is -0.960. The topological polar surface area (TPSA) is 87.7 Å². The molecule has 16 heavy (non-hydrogen) atoms. The first kappa shape index (κ1) is 12.8. The molecule has 0 heterocycles. The van der Waals surface area contributed by atoms with Crippen molar-refractivity contribution in [3.05, 3.63) is 0 Å². The van der Waals surface area contributed by atoms with Crippen LogP contribution in [-0.4, -0.2) is 23.5 Å². The van der Waals surface area contributed by atoms with E-state index in [0.29, 0.717) is 12.5 Å². The van der Waals surface area contributed by atoms with E-state index in [1.807, 2.05) is 0 Å². The van der Waals surface area contributed by atoms with Crippen molar-refractivity contribution in [3.8, 4) is 0 Å². The van der Waals surface area contributed by atoms with Crippen LogP contribution >= 0.6 is 0 Å². The first-order valence-corrected chi connectivity index (χ1v) is 5.66. The van der Waals surface area contributed by atoms with E-state index in [9.17, 15) is 4.79 Å². The lowest BCUT2D eigenvalue weighted by Crippen LogP contribution is -2.47. The van der Waals surface area contributed by atoms with Crippen molar-refractivity contribution >= 4 is 11.7 Å². The van der Waals surface area contributed by atoms with Gasteiger partial charge < -0.3 is 16.3 Å². The quantitative estimate of drug-likeness (QED) is 0.282. The Morgan fingerprint density at radius 2 is 2.19 bits per heavy atom. The van der Waals surface area contributed by atoms with Crippen LogP contribution in [0.25, 0.3) is 0 Å². The number of nitrogens with one attached hydrogen (secondary N) is 1. The molecular formula is C11H21N3O2. The zero-order valence-electron chi connectivity index (χ0n) is 10.2. The van der Waals surface area contributed by atoms with E-state index in [4.69, 9.17) is 10.9 Å². The van der Waals surface area contributed by atoms with E-state index in [0.717, 1.165) is 5.92 Å². The molecule has 0 saturated heterocycles. The summed E-state index contributed by atoms with van der Waals surface area (Å²) in [6.45, 7) is 6.07. The van der Waals surface area contributed by atoms with Crippen LogP contribution in [0.5, 0.6) is 0 Å². The van der Waals surface area contributed by atoms with Crippen molar-refractivity contribution in [1.29, 1.82) is 0 Å². The van der Waals surface area contributed by atoms with Gasteiger partial charge in [0.25, 0.3) is 0 Å². The zero-order chi connectivity index (χ0) is 12.3. The maximum atomic E-state index is 11.8. The molecule has 0 radical (unpaired) electrons. The molecule has 5 heteroatoms. The van der Waals surface area contributed by atoms with Gasteiger partial charge in [-0.1, -0.05) is 12.1 Å². The van der Waals surface area contributed by atoms with Crippen LogP contribution < -0.4 is 11.1 Å². The monoisotopic (exact) mass is 227 g/mol. The molecule has 1 aliphatic rings. The largest absolute Gasteiger partial charge is 0.409 e. The summed E-state index contributed by atoms with van der Waals surface area (Å²) in [5.41, 5.74) is 4.51. The number of nitrogens with two attached hydrogens (primary N) is 1. The Hall–Kier alpha value is -1.26. The van der Waals surface area contributed by atoms with Crippen LogP contribution in [-0.2, 0) is 4.79 Å². The fourth-order valence-electron chi connectivity index (χ4n) is 1.55. The molecular weight excluding hydrogens is 206 g/mol. The SMILES string of the molecule is CC(CNC(=O)C(C)(C)C(N)=NO)C1CC1. The summed E-state index contributed by atoms with van der Waals surface area (Å²) < 4.78 is 0.